The Kier molecular flexibility index (Phi) is 4.72. The van der Waals surface area contributed by atoms with Crippen LogP contribution in [-0.4, -0.2) is 40.4 Å². The van der Waals surface area contributed by atoms with Gasteiger partial charge in [-0.2, -0.15) is 0 Å². The monoisotopic (exact) mass is 352 g/mol. The predicted molar refractivity (Wildman–Crippen MR) is 99.7 cm³/mol. The molecule has 0 saturated carbocycles. The number of nitrogens with one attached hydrogen (secondary N) is 1. The normalized spacial score (nSPS) is 16.2. The zero-order chi connectivity index (χ0) is 17.1. The number of rotatable bonds is 5. The Labute approximate surface area is 150 Å². The van der Waals surface area contributed by atoms with Gasteiger partial charge in [0.1, 0.15) is 10.3 Å². The van der Waals surface area contributed by atoms with Gasteiger partial charge >= 0.3 is 0 Å². The van der Waals surface area contributed by atoms with Crippen LogP contribution < -0.4 is 5.32 Å². The van der Waals surface area contributed by atoms with Crippen molar-refractivity contribution in [3.63, 3.8) is 0 Å². The Balaban J connectivity index is 1.55. The minimum absolute atomic E-state index is 0.0354. The van der Waals surface area contributed by atoms with Gasteiger partial charge in [-0.1, -0.05) is 41.7 Å². The third-order valence-electron chi connectivity index (χ3n) is 4.51. The van der Waals surface area contributed by atoms with Crippen molar-refractivity contribution < 1.29 is 4.79 Å². The van der Waals surface area contributed by atoms with Crippen molar-refractivity contribution in [2.45, 2.75) is 18.9 Å². The second-order valence-corrected chi connectivity index (χ2v) is 7.27. The van der Waals surface area contributed by atoms with E-state index < -0.39 is 0 Å². The molecule has 3 heterocycles. The number of benzene rings is 1. The van der Waals surface area contributed by atoms with Gasteiger partial charge in [-0.15, -0.1) is 0 Å². The highest BCUT2D eigenvalue weighted by Gasteiger charge is 2.22. The smallest absolute Gasteiger partial charge is 0.280 e. The van der Waals surface area contributed by atoms with Crippen molar-refractivity contribution in [1.29, 1.82) is 0 Å². The number of fused-ring (bicyclic) bond motifs is 1. The molecule has 1 aliphatic rings. The highest BCUT2D eigenvalue weighted by Crippen LogP contribution is 2.22. The van der Waals surface area contributed by atoms with Crippen molar-refractivity contribution >= 4 is 27.6 Å². The second kappa shape index (κ2) is 7.29. The van der Waals surface area contributed by atoms with Crippen LogP contribution in [0.4, 0.5) is 0 Å². The summed E-state index contributed by atoms with van der Waals surface area (Å²) in [5.41, 5.74) is 1.90. The van der Waals surface area contributed by atoms with Gasteiger partial charge in [0.2, 0.25) is 0 Å². The van der Waals surface area contributed by atoms with Crippen LogP contribution in [0.3, 0.4) is 0 Å². The van der Waals surface area contributed by atoms with Crippen LogP contribution in [0.25, 0.3) is 10.3 Å². The van der Waals surface area contributed by atoms with Gasteiger partial charge in [0.05, 0.1) is 6.04 Å². The number of aromatic nitrogens is 2. The highest BCUT2D eigenvalue weighted by molar-refractivity contribution is 7.19. The first-order chi connectivity index (χ1) is 12.3. The summed E-state index contributed by atoms with van der Waals surface area (Å²) in [6, 6.07) is 13.9. The van der Waals surface area contributed by atoms with E-state index in [0.717, 1.165) is 35.5 Å². The summed E-state index contributed by atoms with van der Waals surface area (Å²) in [5.74, 6) is -0.129. The first-order valence-corrected chi connectivity index (χ1v) is 9.41. The molecule has 1 N–H and O–H groups in total. The van der Waals surface area contributed by atoms with Gasteiger partial charge < -0.3 is 10.2 Å². The maximum atomic E-state index is 12.8. The van der Waals surface area contributed by atoms with E-state index in [0.29, 0.717) is 5.01 Å². The molecule has 1 fully saturated rings. The van der Waals surface area contributed by atoms with Crippen LogP contribution in [0, 0.1) is 0 Å². The zero-order valence-corrected chi connectivity index (χ0v) is 14.7. The lowest BCUT2D eigenvalue weighted by molar-refractivity contribution is 0.0927. The van der Waals surface area contributed by atoms with E-state index in [1.165, 1.54) is 24.2 Å². The summed E-state index contributed by atoms with van der Waals surface area (Å²) in [7, 11) is 0. The largest absolute Gasteiger partial charge is 0.342 e. The average Bonchev–Trinajstić information content (AvgIpc) is 3.31. The minimum atomic E-state index is -0.129. The van der Waals surface area contributed by atoms with Crippen LogP contribution in [0.1, 0.15) is 34.2 Å². The molecular weight excluding hydrogens is 332 g/mol. The van der Waals surface area contributed by atoms with Crippen molar-refractivity contribution in [2.24, 2.45) is 0 Å². The molecule has 0 bridgehead atoms. The third kappa shape index (κ3) is 3.70. The molecule has 2 aromatic heterocycles. The summed E-state index contributed by atoms with van der Waals surface area (Å²) >= 11 is 1.34. The molecule has 0 spiro atoms. The summed E-state index contributed by atoms with van der Waals surface area (Å²) in [5, 5.41) is 3.65. The van der Waals surface area contributed by atoms with Crippen molar-refractivity contribution in [3.8, 4) is 0 Å². The van der Waals surface area contributed by atoms with Gasteiger partial charge in [0, 0.05) is 12.7 Å². The number of pyridine rings is 1. The predicted octanol–water partition coefficient (Wildman–Crippen LogP) is 3.26. The molecule has 0 aliphatic carbocycles. The van der Waals surface area contributed by atoms with E-state index in [1.807, 2.05) is 30.3 Å². The summed E-state index contributed by atoms with van der Waals surface area (Å²) < 4.78 is 0. The van der Waals surface area contributed by atoms with Crippen LogP contribution in [0.5, 0.6) is 0 Å². The molecule has 25 heavy (non-hydrogen) atoms. The van der Waals surface area contributed by atoms with Crippen LogP contribution in [0.15, 0.2) is 48.7 Å². The van der Waals surface area contributed by atoms with E-state index in [1.54, 1.807) is 6.20 Å². The lowest BCUT2D eigenvalue weighted by Crippen LogP contribution is -2.37. The van der Waals surface area contributed by atoms with E-state index in [4.69, 9.17) is 0 Å². The lowest BCUT2D eigenvalue weighted by Gasteiger charge is -2.24. The van der Waals surface area contributed by atoms with Crippen LogP contribution in [0.2, 0.25) is 0 Å². The molecule has 3 aromatic rings. The van der Waals surface area contributed by atoms with Gasteiger partial charge in [-0.05, 0) is 43.6 Å². The average molecular weight is 352 g/mol. The van der Waals surface area contributed by atoms with Gasteiger partial charge in [0.25, 0.3) is 5.91 Å². The molecule has 1 saturated heterocycles. The topological polar surface area (TPSA) is 58.1 Å². The highest BCUT2D eigenvalue weighted by atomic mass is 32.1. The Morgan fingerprint density at radius 2 is 1.96 bits per heavy atom. The van der Waals surface area contributed by atoms with Crippen molar-refractivity contribution in [3.05, 3.63) is 59.2 Å². The fraction of sp³-hybridized carbons (Fsp3) is 0.316. The molecule has 4 rings (SSSR count). The Bertz CT molecular complexity index is 825. The number of amides is 1. The van der Waals surface area contributed by atoms with E-state index in [-0.39, 0.29) is 11.9 Å². The molecular formula is C19H20N4OS. The summed E-state index contributed by atoms with van der Waals surface area (Å²) in [6.07, 6.45) is 4.19. The number of likely N-dealkylation sites (tertiary alicyclic amines) is 1. The maximum absolute atomic E-state index is 12.8. The van der Waals surface area contributed by atoms with E-state index >= 15 is 0 Å². The number of thiazole rings is 1. The minimum Gasteiger partial charge on any atom is -0.342 e. The van der Waals surface area contributed by atoms with E-state index in [9.17, 15) is 4.79 Å². The Hall–Kier alpha value is -2.31. The molecule has 1 atom stereocenters. The third-order valence-corrected chi connectivity index (χ3v) is 5.49. The number of hydrogen-bond acceptors (Lipinski definition) is 5. The Morgan fingerprint density at radius 1 is 1.16 bits per heavy atom. The molecule has 1 aliphatic heterocycles. The fourth-order valence-electron chi connectivity index (χ4n) is 3.23. The molecule has 1 amide bonds. The lowest BCUT2D eigenvalue weighted by atomic mass is 10.1. The number of nitrogens with zero attached hydrogens (tertiary/aromatic N) is 3. The van der Waals surface area contributed by atoms with Crippen molar-refractivity contribution in [2.75, 3.05) is 19.6 Å². The standard InChI is InChI=1S/C19H20N4OS/c24-17(19-22-15-9-6-10-20-18(15)25-19)21-16(13-23-11-4-5-12-23)14-7-2-1-3-8-14/h1-3,6-10,16H,4-5,11-13H2,(H,21,24). The van der Waals surface area contributed by atoms with Crippen molar-refractivity contribution in [1.82, 2.24) is 20.2 Å². The van der Waals surface area contributed by atoms with Gasteiger partial charge in [-0.3, -0.25) is 4.79 Å². The Morgan fingerprint density at radius 3 is 2.72 bits per heavy atom. The quantitative estimate of drug-likeness (QED) is 0.766. The molecule has 0 radical (unpaired) electrons. The van der Waals surface area contributed by atoms with Crippen LogP contribution in [-0.2, 0) is 0 Å². The van der Waals surface area contributed by atoms with Gasteiger partial charge in [0.15, 0.2) is 5.01 Å². The summed E-state index contributed by atoms with van der Waals surface area (Å²) in [4.78, 5) is 24.7. The molecule has 6 heteroatoms. The number of hydrogen-bond donors (Lipinski definition) is 1. The number of carbonyl (C=O) groups excluding carboxylic acids is 1. The molecule has 5 nitrogen and oxygen atoms in total. The molecule has 128 valence electrons. The second-order valence-electron chi connectivity index (χ2n) is 6.29. The molecule has 1 aromatic carbocycles. The molecule has 1 unspecified atom stereocenters. The zero-order valence-electron chi connectivity index (χ0n) is 13.9. The first kappa shape index (κ1) is 16.2. The summed E-state index contributed by atoms with van der Waals surface area (Å²) in [6.45, 7) is 3.04. The maximum Gasteiger partial charge on any atom is 0.280 e. The van der Waals surface area contributed by atoms with Gasteiger partial charge in [-0.25, -0.2) is 9.97 Å². The fourth-order valence-corrected chi connectivity index (χ4v) is 4.04. The SMILES string of the molecule is O=C(NC(CN1CCCC1)c1ccccc1)c1nc2cccnc2s1. The van der Waals surface area contributed by atoms with Crippen LogP contribution >= 0.6 is 11.3 Å². The van der Waals surface area contributed by atoms with E-state index in [2.05, 4.69) is 32.3 Å². The number of carbonyl (C=O) groups is 1. The first-order valence-electron chi connectivity index (χ1n) is 8.59.